The molecule has 0 saturated heterocycles. The summed E-state index contributed by atoms with van der Waals surface area (Å²) in [6.07, 6.45) is 6.17. The molecule has 0 radical (unpaired) electrons. The molecule has 2 unspecified atom stereocenters. The van der Waals surface area contributed by atoms with Crippen molar-refractivity contribution in [2.24, 2.45) is 11.7 Å². The van der Waals surface area contributed by atoms with Crippen LogP contribution in [0.2, 0.25) is 0 Å². The maximum Gasteiger partial charge on any atom is 0.248 e. The summed E-state index contributed by atoms with van der Waals surface area (Å²) in [5.74, 6) is 1.14. The summed E-state index contributed by atoms with van der Waals surface area (Å²) >= 11 is 0. The van der Waals surface area contributed by atoms with Crippen LogP contribution >= 0.6 is 0 Å². The summed E-state index contributed by atoms with van der Waals surface area (Å²) in [7, 11) is 1.64. The second-order valence-electron chi connectivity index (χ2n) is 5.56. The number of hydrogen-bond acceptors (Lipinski definition) is 3. The molecule has 3 N–H and O–H groups in total. The number of rotatable bonds is 5. The first-order valence-corrected chi connectivity index (χ1v) is 7.38. The number of amides is 1. The molecule has 0 aliphatic heterocycles. The highest BCUT2D eigenvalue weighted by molar-refractivity contribution is 5.94. The first kappa shape index (κ1) is 14.7. The van der Waals surface area contributed by atoms with Crippen LogP contribution in [0, 0.1) is 5.92 Å². The first-order chi connectivity index (χ1) is 9.63. The van der Waals surface area contributed by atoms with Crippen molar-refractivity contribution in [1.29, 1.82) is 0 Å². The van der Waals surface area contributed by atoms with E-state index in [1.807, 2.05) is 0 Å². The molecule has 2 atom stereocenters. The van der Waals surface area contributed by atoms with Gasteiger partial charge in [-0.2, -0.15) is 0 Å². The van der Waals surface area contributed by atoms with Crippen LogP contribution in [0.5, 0.6) is 5.75 Å². The second-order valence-corrected chi connectivity index (χ2v) is 5.56. The zero-order valence-corrected chi connectivity index (χ0v) is 12.3. The van der Waals surface area contributed by atoms with Crippen molar-refractivity contribution < 1.29 is 9.53 Å². The van der Waals surface area contributed by atoms with Crippen molar-refractivity contribution in [3.05, 3.63) is 23.8 Å². The Morgan fingerprint density at radius 2 is 2.25 bits per heavy atom. The molecular weight excluding hydrogens is 252 g/mol. The van der Waals surface area contributed by atoms with Gasteiger partial charge in [0.15, 0.2) is 0 Å². The lowest BCUT2D eigenvalue weighted by atomic mass is 9.84. The third-order valence-corrected chi connectivity index (χ3v) is 4.20. The summed E-state index contributed by atoms with van der Waals surface area (Å²) in [4.78, 5) is 11.3. The Bertz CT molecular complexity index is 474. The minimum atomic E-state index is -0.411. The summed E-state index contributed by atoms with van der Waals surface area (Å²) in [5, 5.41) is 3.53. The van der Waals surface area contributed by atoms with Crippen LogP contribution in [0.25, 0.3) is 0 Å². The van der Waals surface area contributed by atoms with Crippen LogP contribution in [0.1, 0.15) is 49.4 Å². The third kappa shape index (κ3) is 3.44. The molecule has 0 aromatic heterocycles. The van der Waals surface area contributed by atoms with Gasteiger partial charge in [-0.05, 0) is 37.0 Å². The van der Waals surface area contributed by atoms with Gasteiger partial charge in [0.2, 0.25) is 5.91 Å². The van der Waals surface area contributed by atoms with E-state index in [4.69, 9.17) is 10.5 Å². The van der Waals surface area contributed by atoms with Crippen LogP contribution < -0.4 is 15.8 Å². The summed E-state index contributed by atoms with van der Waals surface area (Å²) in [6.45, 7) is 2.25. The quantitative estimate of drug-likeness (QED) is 0.868. The summed E-state index contributed by atoms with van der Waals surface area (Å²) < 4.78 is 5.36. The van der Waals surface area contributed by atoms with Gasteiger partial charge < -0.3 is 15.8 Å². The van der Waals surface area contributed by atoms with E-state index in [9.17, 15) is 4.79 Å². The molecule has 4 nitrogen and oxygen atoms in total. The van der Waals surface area contributed by atoms with Gasteiger partial charge in [-0.25, -0.2) is 0 Å². The monoisotopic (exact) mass is 276 g/mol. The summed E-state index contributed by atoms with van der Waals surface area (Å²) in [5.41, 5.74) is 6.72. The number of benzene rings is 1. The SMILES string of the molecule is CCC1CCCC(Nc2cc(C(N)=O)ccc2OC)C1. The molecule has 1 aliphatic rings. The molecule has 1 aliphatic carbocycles. The molecule has 1 saturated carbocycles. The van der Waals surface area contributed by atoms with Crippen molar-refractivity contribution in [1.82, 2.24) is 0 Å². The number of carbonyl (C=O) groups excluding carboxylic acids is 1. The van der Waals surface area contributed by atoms with Crippen LogP contribution in [-0.2, 0) is 0 Å². The van der Waals surface area contributed by atoms with Gasteiger partial charge in [0.25, 0.3) is 0 Å². The van der Waals surface area contributed by atoms with Crippen molar-refractivity contribution in [2.45, 2.75) is 45.1 Å². The maximum absolute atomic E-state index is 11.3. The molecule has 20 heavy (non-hydrogen) atoms. The van der Waals surface area contributed by atoms with E-state index in [1.54, 1.807) is 25.3 Å². The normalized spacial score (nSPS) is 22.3. The Balaban J connectivity index is 2.14. The number of anilines is 1. The van der Waals surface area contributed by atoms with Crippen molar-refractivity contribution in [3.63, 3.8) is 0 Å². The Hall–Kier alpha value is -1.71. The first-order valence-electron chi connectivity index (χ1n) is 7.38. The zero-order chi connectivity index (χ0) is 14.5. The molecule has 1 fully saturated rings. The number of carbonyl (C=O) groups is 1. The van der Waals surface area contributed by atoms with E-state index in [2.05, 4.69) is 12.2 Å². The second kappa shape index (κ2) is 6.64. The number of methoxy groups -OCH3 is 1. The van der Waals surface area contributed by atoms with Gasteiger partial charge in [-0.3, -0.25) is 4.79 Å². The number of hydrogen-bond donors (Lipinski definition) is 2. The highest BCUT2D eigenvalue weighted by Crippen LogP contribution is 2.32. The Labute approximate surface area is 120 Å². The van der Waals surface area contributed by atoms with Crippen LogP contribution in [-0.4, -0.2) is 19.1 Å². The number of ether oxygens (including phenoxy) is 1. The van der Waals surface area contributed by atoms with E-state index in [1.165, 1.54) is 32.1 Å². The smallest absolute Gasteiger partial charge is 0.248 e. The van der Waals surface area contributed by atoms with Crippen LogP contribution in [0.4, 0.5) is 5.69 Å². The maximum atomic E-state index is 11.3. The fraction of sp³-hybridized carbons (Fsp3) is 0.562. The highest BCUT2D eigenvalue weighted by Gasteiger charge is 2.21. The largest absolute Gasteiger partial charge is 0.495 e. The molecule has 0 spiro atoms. The minimum absolute atomic E-state index is 0.411. The lowest BCUT2D eigenvalue weighted by Crippen LogP contribution is -2.27. The molecule has 0 heterocycles. The molecule has 4 heteroatoms. The molecule has 1 aromatic carbocycles. The number of primary amides is 1. The predicted octanol–water partition coefficient (Wildman–Crippen LogP) is 3.17. The number of nitrogens with one attached hydrogen (secondary N) is 1. The van der Waals surface area contributed by atoms with Gasteiger partial charge in [-0.15, -0.1) is 0 Å². The Morgan fingerprint density at radius 1 is 1.45 bits per heavy atom. The highest BCUT2D eigenvalue weighted by atomic mass is 16.5. The van der Waals surface area contributed by atoms with Gasteiger partial charge in [-0.1, -0.05) is 26.2 Å². The van der Waals surface area contributed by atoms with E-state index in [0.717, 1.165) is 17.4 Å². The number of nitrogens with two attached hydrogens (primary N) is 1. The average Bonchev–Trinajstić information content (AvgIpc) is 2.47. The molecule has 1 aromatic rings. The van der Waals surface area contributed by atoms with E-state index < -0.39 is 5.91 Å². The fourth-order valence-electron chi connectivity index (χ4n) is 2.99. The third-order valence-electron chi connectivity index (χ3n) is 4.20. The van der Waals surface area contributed by atoms with Crippen LogP contribution in [0.3, 0.4) is 0 Å². The molecule has 110 valence electrons. The summed E-state index contributed by atoms with van der Waals surface area (Å²) in [6, 6.07) is 5.73. The standard InChI is InChI=1S/C16H24N2O2/c1-3-11-5-4-6-13(9-11)18-14-10-12(16(17)19)7-8-15(14)20-2/h7-8,10-11,13,18H,3-6,9H2,1-2H3,(H2,17,19). The zero-order valence-electron chi connectivity index (χ0n) is 12.3. The Kier molecular flexibility index (Phi) is 4.88. The molecule has 0 bridgehead atoms. The lowest BCUT2D eigenvalue weighted by molar-refractivity contribution is 0.100. The van der Waals surface area contributed by atoms with Gasteiger partial charge in [0, 0.05) is 11.6 Å². The Morgan fingerprint density at radius 3 is 2.90 bits per heavy atom. The lowest BCUT2D eigenvalue weighted by Gasteiger charge is -2.30. The topological polar surface area (TPSA) is 64.3 Å². The predicted molar refractivity (Wildman–Crippen MR) is 81.2 cm³/mol. The molecule has 2 rings (SSSR count). The van der Waals surface area contributed by atoms with Gasteiger partial charge in [0.05, 0.1) is 12.8 Å². The van der Waals surface area contributed by atoms with E-state index >= 15 is 0 Å². The molecular formula is C16H24N2O2. The van der Waals surface area contributed by atoms with Crippen molar-refractivity contribution in [3.8, 4) is 5.75 Å². The van der Waals surface area contributed by atoms with Gasteiger partial charge in [0.1, 0.15) is 5.75 Å². The minimum Gasteiger partial charge on any atom is -0.495 e. The van der Waals surface area contributed by atoms with Gasteiger partial charge >= 0.3 is 0 Å². The van der Waals surface area contributed by atoms with Crippen molar-refractivity contribution in [2.75, 3.05) is 12.4 Å². The van der Waals surface area contributed by atoms with Crippen molar-refractivity contribution >= 4 is 11.6 Å². The fourth-order valence-corrected chi connectivity index (χ4v) is 2.99. The van der Waals surface area contributed by atoms with Crippen LogP contribution in [0.15, 0.2) is 18.2 Å². The molecule has 1 amide bonds. The average molecular weight is 276 g/mol. The van der Waals surface area contributed by atoms with E-state index in [-0.39, 0.29) is 0 Å². The van der Waals surface area contributed by atoms with E-state index in [0.29, 0.717) is 11.6 Å².